The Morgan fingerprint density at radius 2 is 1.10 bits per heavy atom. The molecule has 0 bridgehead atoms. The van der Waals surface area contributed by atoms with Gasteiger partial charge in [0, 0.05) is 75.1 Å². The van der Waals surface area contributed by atoms with Crippen LogP contribution >= 0.6 is 114 Å². The third-order valence-electron chi connectivity index (χ3n) is 14.2. The molecule has 2 aliphatic carbocycles. The number of ether oxygens (including phenoxy) is 2. The lowest BCUT2D eigenvalue weighted by atomic mass is 9.92. The van der Waals surface area contributed by atoms with Crippen LogP contribution in [0.5, 0.6) is 0 Å². The van der Waals surface area contributed by atoms with Crippen LogP contribution in [0.4, 0.5) is 5.82 Å². The number of hydrogen-bond donors (Lipinski definition) is 6. The SMILES string of the molecule is C/C(N)=N/O.CC.CCI.CCI.CO[C@H]1CN(c2nc(C)c(C)cc2-c2nc(C)no2)CC[C@H]1NC1CCCCC1.CO[C@H]1CNCC[C@H]1NC1CCCCC1.Cc1cc(C(=O)O)c(Cl)nc1C.Cc1noc(-c2cc(C)c(C)nc2Cl)n1.ICI. The maximum absolute atomic E-state index is 10.6. The van der Waals surface area contributed by atoms with Crippen LogP contribution in [0.15, 0.2) is 32.4 Å². The highest BCUT2D eigenvalue weighted by Crippen LogP contribution is 2.33. The second-order valence-corrected chi connectivity index (χ2v) is 28.9. The first kappa shape index (κ1) is 82.6. The molecule has 2 saturated carbocycles. The lowest BCUT2D eigenvalue weighted by Gasteiger charge is -2.41. The third-order valence-corrected chi connectivity index (χ3v) is 14.8. The first-order chi connectivity index (χ1) is 41.6. The van der Waals surface area contributed by atoms with Crippen molar-refractivity contribution in [2.45, 2.75) is 203 Å². The quantitative estimate of drug-likeness (QED) is 0.0144. The van der Waals surface area contributed by atoms with Crippen LogP contribution in [0, 0.1) is 55.4 Å². The second kappa shape index (κ2) is 47.5. The summed E-state index contributed by atoms with van der Waals surface area (Å²) >= 11 is 20.7. The lowest BCUT2D eigenvalue weighted by molar-refractivity contribution is 0.0455. The van der Waals surface area contributed by atoms with Crippen molar-refractivity contribution < 1.29 is 33.6 Å². The van der Waals surface area contributed by atoms with Gasteiger partial charge >= 0.3 is 5.97 Å². The second-order valence-electron chi connectivity index (χ2n) is 20.7. The van der Waals surface area contributed by atoms with Crippen molar-refractivity contribution in [3.8, 4) is 22.9 Å². The number of oxime groups is 1. The summed E-state index contributed by atoms with van der Waals surface area (Å²) in [7, 11) is 3.65. The monoisotopic (exact) mass is 1700 g/mol. The van der Waals surface area contributed by atoms with E-state index in [1.54, 1.807) is 20.8 Å². The molecule has 5 aromatic heterocycles. The number of rotatable bonds is 10. The van der Waals surface area contributed by atoms with E-state index in [2.05, 4.69) is 173 Å². The van der Waals surface area contributed by atoms with Gasteiger partial charge in [0.25, 0.3) is 11.8 Å². The molecule has 0 amide bonds. The molecule has 0 aromatic carbocycles. The van der Waals surface area contributed by atoms with Gasteiger partial charge in [-0.3, -0.25) is 0 Å². The molecule has 4 aliphatic rings. The molecule has 2 aliphatic heterocycles. The van der Waals surface area contributed by atoms with Crippen molar-refractivity contribution in [2.75, 3.05) is 56.6 Å². The fourth-order valence-corrected chi connectivity index (χ4v) is 10.0. The molecule has 9 rings (SSSR count). The smallest absolute Gasteiger partial charge is 0.338 e. The van der Waals surface area contributed by atoms with Gasteiger partial charge in [0.15, 0.2) is 11.6 Å². The molecule has 26 heteroatoms. The molecule has 4 atom stereocenters. The zero-order valence-corrected chi connectivity index (χ0v) is 64.1. The Balaban J connectivity index is 0.000000560. The van der Waals surface area contributed by atoms with Crippen LogP contribution < -0.4 is 26.6 Å². The lowest BCUT2D eigenvalue weighted by Crippen LogP contribution is -2.56. The molecule has 20 nitrogen and oxygen atoms in total. The molecule has 87 heavy (non-hydrogen) atoms. The zero-order chi connectivity index (χ0) is 65.6. The van der Waals surface area contributed by atoms with Gasteiger partial charge in [0.2, 0.25) is 0 Å². The standard InChI is InChI=1S/C22H33N5O2.C12H24N2O.C10H10ClN3O.C8H8ClNO2.2C2H5I.C2H6N2O.C2H6.CH2I2/c1-14-12-18(22-24-16(3)26-29-22)21(23-15(14)2)27-11-10-19(20(13-27)28-4)25-17-8-6-5-7-9-17;1-15-12-9-13-8-7-11(12)14-10-5-3-2-4-6-10;1-5-4-8(9(11)12-6(5)2)10-13-7(3)14-15-10;1-4-3-6(8(11)12)7(9)10-5(4)2;2*1-2-3;1-2(3)4-5;1-2;2-1-3/h12,17,19-20,25H,5-11,13H2,1-4H3;10-14H,2-9H2,1H3;4H,1-3H3;3H,1-2H3,(H,11,12);2*2H2,1H3;5H,1H3,(H2,3,4);1-2H3;1H2/t19-,20+;11-,12+;;;;;;;/m11......./s1. The van der Waals surface area contributed by atoms with E-state index in [1.807, 2.05) is 61.8 Å². The first-order valence-electron chi connectivity index (χ1n) is 29.9. The van der Waals surface area contributed by atoms with Gasteiger partial charge in [-0.15, -0.1) is 0 Å². The number of aryl methyl sites for hydroxylation is 8. The molecule has 0 radical (unpaired) electrons. The number of alkyl halides is 4. The number of methoxy groups -OCH3 is 2. The van der Waals surface area contributed by atoms with E-state index in [-0.39, 0.29) is 22.7 Å². The van der Waals surface area contributed by atoms with Gasteiger partial charge in [-0.2, -0.15) is 9.97 Å². The molecule has 7 heterocycles. The summed E-state index contributed by atoms with van der Waals surface area (Å²) in [4.78, 5) is 34.4. The zero-order valence-electron chi connectivity index (χ0n) is 53.9. The number of carboxylic acids is 1. The summed E-state index contributed by atoms with van der Waals surface area (Å²) in [6, 6.07) is 7.87. The van der Waals surface area contributed by atoms with E-state index in [4.69, 9.17) is 62.8 Å². The van der Waals surface area contributed by atoms with Gasteiger partial charge in [-0.05, 0) is 151 Å². The van der Waals surface area contributed by atoms with Gasteiger partial charge in [0.1, 0.15) is 22.0 Å². The average molecular weight is 1710 g/mol. The number of aromatic carboxylic acids is 1. The van der Waals surface area contributed by atoms with Crippen LogP contribution in [0.1, 0.15) is 167 Å². The fraction of sp³-hybridized carbons (Fsp3) is 0.656. The third kappa shape index (κ3) is 31.2. The highest BCUT2D eigenvalue weighted by Gasteiger charge is 2.34. The van der Waals surface area contributed by atoms with Crippen molar-refractivity contribution in [2.24, 2.45) is 10.9 Å². The molecule has 5 aromatic rings. The van der Waals surface area contributed by atoms with Crippen LogP contribution in [-0.4, -0.2) is 145 Å². The van der Waals surface area contributed by atoms with Gasteiger partial charge in [0.05, 0.1) is 31.3 Å². The number of carboxylic acid groups (broad SMARTS) is 1. The fourth-order valence-electron chi connectivity index (χ4n) is 9.51. The van der Waals surface area contributed by atoms with Gasteiger partial charge in [-0.1, -0.05) is 195 Å². The number of nitrogens with one attached hydrogen (secondary N) is 3. The number of hydrogen-bond acceptors (Lipinski definition) is 18. The molecule has 7 N–H and O–H groups in total. The maximum Gasteiger partial charge on any atom is 0.338 e. The van der Waals surface area contributed by atoms with Crippen LogP contribution in [0.25, 0.3) is 22.9 Å². The number of nitrogens with two attached hydrogens (primary N) is 1. The average Bonchev–Trinajstić information content (AvgIpc) is 2.30. The van der Waals surface area contributed by atoms with Crippen LogP contribution in [0.2, 0.25) is 10.3 Å². The van der Waals surface area contributed by atoms with Crippen molar-refractivity contribution >= 4 is 131 Å². The van der Waals surface area contributed by atoms with Crippen molar-refractivity contribution in [3.05, 3.63) is 79.5 Å². The number of anilines is 1. The number of carbonyl (C=O) groups is 1. The van der Waals surface area contributed by atoms with Gasteiger partial charge in [-0.25, -0.2) is 19.7 Å². The Bertz CT molecular complexity index is 2710. The summed E-state index contributed by atoms with van der Waals surface area (Å²) < 4.78 is 25.6. The number of amidine groups is 1. The summed E-state index contributed by atoms with van der Waals surface area (Å²) in [5.74, 6) is 2.21. The summed E-state index contributed by atoms with van der Waals surface area (Å²) in [6.07, 6.45) is 16.3. The predicted octanol–water partition coefficient (Wildman–Crippen LogP) is 15.1. The minimum Gasteiger partial charge on any atom is -0.478 e. The number of pyridine rings is 3. The van der Waals surface area contributed by atoms with E-state index in [0.717, 1.165) is 83.8 Å². The predicted molar refractivity (Wildman–Crippen MR) is 390 cm³/mol. The molecule has 4 fully saturated rings. The first-order valence-corrected chi connectivity index (χ1v) is 36.7. The molecule has 0 unspecified atom stereocenters. The minimum atomic E-state index is -1.05. The topological polar surface area (TPSA) is 270 Å². The molecule has 492 valence electrons. The van der Waals surface area contributed by atoms with E-state index < -0.39 is 5.97 Å². The van der Waals surface area contributed by atoms with E-state index in [9.17, 15) is 4.79 Å². The normalized spacial score (nSPS) is 18.3. The molecule has 2 saturated heterocycles. The Kier molecular flexibility index (Phi) is 45.0. The van der Waals surface area contributed by atoms with Crippen LogP contribution in [0.3, 0.4) is 0 Å². The van der Waals surface area contributed by atoms with Crippen molar-refractivity contribution in [1.29, 1.82) is 0 Å². The summed E-state index contributed by atoms with van der Waals surface area (Å²) in [5.41, 5.74) is 12.1. The highest BCUT2D eigenvalue weighted by molar-refractivity contribution is 14.2. The van der Waals surface area contributed by atoms with Crippen LogP contribution in [-0.2, 0) is 9.47 Å². The number of halogens is 6. The largest absolute Gasteiger partial charge is 0.478 e. The minimum absolute atomic E-state index is 0.0469. The van der Waals surface area contributed by atoms with Crippen molar-refractivity contribution in [3.63, 3.8) is 0 Å². The van der Waals surface area contributed by atoms with Gasteiger partial charge < -0.3 is 55.4 Å². The summed E-state index contributed by atoms with van der Waals surface area (Å²) in [6.45, 7) is 28.7. The maximum atomic E-state index is 10.6. The molecular formula is C61H99Cl2I4N13O7. The Morgan fingerprint density at radius 1 is 0.690 bits per heavy atom. The Labute approximate surface area is 583 Å². The van der Waals surface area contributed by atoms with E-state index in [1.165, 1.54) is 94.9 Å². The van der Waals surface area contributed by atoms with E-state index in [0.29, 0.717) is 58.4 Å². The number of aromatic nitrogens is 7. The molecular weight excluding hydrogens is 1610 g/mol. The van der Waals surface area contributed by atoms with E-state index >= 15 is 0 Å². The Morgan fingerprint density at radius 3 is 1.53 bits per heavy atom. The highest BCUT2D eigenvalue weighted by atomic mass is 127. The number of nitrogens with zero attached hydrogens (tertiary/aromatic N) is 9. The number of piperidine rings is 2. The summed E-state index contributed by atoms with van der Waals surface area (Å²) in [5, 5.41) is 38.0. The van der Waals surface area contributed by atoms with Crippen molar-refractivity contribution in [1.82, 2.24) is 51.2 Å². The Hall–Kier alpha value is -2.43. The molecule has 0 spiro atoms.